The molecule has 2 amide bonds. The number of fused-ring (bicyclic) bond motifs is 2. The third-order valence-electron chi connectivity index (χ3n) is 5.32. The van der Waals surface area contributed by atoms with Crippen molar-refractivity contribution < 1.29 is 9.59 Å². The summed E-state index contributed by atoms with van der Waals surface area (Å²) in [6, 6.07) is 0. The first kappa shape index (κ1) is 17.7. The van der Waals surface area contributed by atoms with Crippen molar-refractivity contribution in [2.45, 2.75) is 33.1 Å². The number of aromatic nitrogens is 2. The third-order valence-corrected chi connectivity index (χ3v) is 5.32. The topological polar surface area (TPSA) is 67.2 Å². The fourth-order valence-corrected chi connectivity index (χ4v) is 4.31. The minimum absolute atomic E-state index is 0.0591. The molecule has 6 heteroatoms. The molecule has 0 aliphatic heterocycles. The van der Waals surface area contributed by atoms with Gasteiger partial charge in [0.2, 0.25) is 11.8 Å². The molecule has 1 aromatic rings. The van der Waals surface area contributed by atoms with E-state index in [-0.39, 0.29) is 35.5 Å². The normalized spacial score (nSPS) is 26.8. The predicted molar refractivity (Wildman–Crippen MR) is 96.7 cm³/mol. The SMILES string of the molecule is CCCN(CCC)C(=O)[C@@H]1[C@@H](C(=O)Nc2cnn(C)c2)[C@H]2C=C[C@H]1C2. The van der Waals surface area contributed by atoms with Gasteiger partial charge < -0.3 is 10.2 Å². The van der Waals surface area contributed by atoms with Gasteiger partial charge in [0.25, 0.3) is 0 Å². The molecule has 4 atom stereocenters. The lowest BCUT2D eigenvalue weighted by Crippen LogP contribution is -2.44. The van der Waals surface area contributed by atoms with Gasteiger partial charge in [0, 0.05) is 26.3 Å². The van der Waals surface area contributed by atoms with Crippen LogP contribution in [0.1, 0.15) is 33.1 Å². The van der Waals surface area contributed by atoms with Crippen molar-refractivity contribution in [2.75, 3.05) is 18.4 Å². The van der Waals surface area contributed by atoms with E-state index >= 15 is 0 Å². The van der Waals surface area contributed by atoms with E-state index in [0.717, 1.165) is 32.4 Å². The van der Waals surface area contributed by atoms with Gasteiger partial charge in [-0.25, -0.2) is 0 Å². The summed E-state index contributed by atoms with van der Waals surface area (Å²) >= 11 is 0. The van der Waals surface area contributed by atoms with Crippen LogP contribution in [0, 0.1) is 23.7 Å². The molecular formula is C19H28N4O2. The molecule has 1 saturated carbocycles. The Balaban J connectivity index is 1.78. The van der Waals surface area contributed by atoms with Crippen molar-refractivity contribution in [1.29, 1.82) is 0 Å². The fraction of sp³-hybridized carbons (Fsp3) is 0.632. The summed E-state index contributed by atoms with van der Waals surface area (Å²) in [4.78, 5) is 28.0. The zero-order chi connectivity index (χ0) is 18.0. The first-order chi connectivity index (χ1) is 12.0. The van der Waals surface area contributed by atoms with Crippen LogP contribution in [0.3, 0.4) is 0 Å². The summed E-state index contributed by atoms with van der Waals surface area (Å²) in [7, 11) is 1.82. The Hall–Kier alpha value is -2.11. The number of hydrogen-bond acceptors (Lipinski definition) is 3. The van der Waals surface area contributed by atoms with E-state index in [2.05, 4.69) is 36.4 Å². The average Bonchev–Trinajstić information content (AvgIpc) is 3.29. The van der Waals surface area contributed by atoms with Crippen molar-refractivity contribution >= 4 is 17.5 Å². The van der Waals surface area contributed by atoms with Crippen LogP contribution in [0.5, 0.6) is 0 Å². The van der Waals surface area contributed by atoms with Gasteiger partial charge >= 0.3 is 0 Å². The maximum absolute atomic E-state index is 13.2. The van der Waals surface area contributed by atoms with E-state index in [1.54, 1.807) is 17.1 Å². The number of nitrogens with zero attached hydrogens (tertiary/aromatic N) is 3. The molecule has 2 aliphatic carbocycles. The molecule has 2 aliphatic rings. The summed E-state index contributed by atoms with van der Waals surface area (Å²) in [5.41, 5.74) is 0.685. The van der Waals surface area contributed by atoms with E-state index in [1.165, 1.54) is 0 Å². The molecule has 136 valence electrons. The van der Waals surface area contributed by atoms with Gasteiger partial charge in [-0.05, 0) is 31.1 Å². The van der Waals surface area contributed by atoms with Gasteiger partial charge in [0.05, 0.1) is 23.7 Å². The maximum Gasteiger partial charge on any atom is 0.228 e. The van der Waals surface area contributed by atoms with Gasteiger partial charge in [-0.15, -0.1) is 0 Å². The third kappa shape index (κ3) is 3.48. The van der Waals surface area contributed by atoms with Crippen molar-refractivity contribution in [2.24, 2.45) is 30.7 Å². The van der Waals surface area contributed by atoms with E-state index < -0.39 is 0 Å². The number of nitrogens with one attached hydrogen (secondary N) is 1. The number of carbonyl (C=O) groups excluding carboxylic acids is 2. The van der Waals surface area contributed by atoms with E-state index in [4.69, 9.17) is 0 Å². The standard InChI is InChI=1S/C19H28N4O2/c1-4-8-23(9-5-2)19(25)17-14-7-6-13(10-14)16(17)18(24)21-15-11-20-22(3)12-15/h6-7,11-14,16-17H,4-5,8-10H2,1-3H3,(H,21,24)/t13-,14-,16-,17-/m0/s1. The maximum atomic E-state index is 13.2. The summed E-state index contributed by atoms with van der Waals surface area (Å²) in [5, 5.41) is 7.04. The Morgan fingerprint density at radius 2 is 1.84 bits per heavy atom. The highest BCUT2D eigenvalue weighted by Gasteiger charge is 2.52. The molecule has 25 heavy (non-hydrogen) atoms. The minimum Gasteiger partial charge on any atom is -0.342 e. The second-order valence-electron chi connectivity index (χ2n) is 7.22. The summed E-state index contributed by atoms with van der Waals surface area (Å²) in [6.45, 7) is 5.70. The van der Waals surface area contributed by atoms with Gasteiger partial charge in [-0.2, -0.15) is 5.10 Å². The van der Waals surface area contributed by atoms with Crippen LogP contribution < -0.4 is 5.32 Å². The number of carbonyl (C=O) groups is 2. The Morgan fingerprint density at radius 3 is 2.40 bits per heavy atom. The van der Waals surface area contributed by atoms with Crippen LogP contribution >= 0.6 is 0 Å². The number of amides is 2. The second-order valence-corrected chi connectivity index (χ2v) is 7.22. The number of rotatable bonds is 7. The van der Waals surface area contributed by atoms with Crippen LogP contribution in [0.15, 0.2) is 24.5 Å². The molecule has 1 N–H and O–H groups in total. The number of allylic oxidation sites excluding steroid dienone is 2. The number of anilines is 1. The summed E-state index contributed by atoms with van der Waals surface area (Å²) < 4.78 is 1.66. The molecule has 0 unspecified atom stereocenters. The lowest BCUT2D eigenvalue weighted by Gasteiger charge is -2.31. The number of aryl methyl sites for hydroxylation is 1. The first-order valence-electron chi connectivity index (χ1n) is 9.31. The fourth-order valence-electron chi connectivity index (χ4n) is 4.31. The van der Waals surface area contributed by atoms with Crippen molar-refractivity contribution in [1.82, 2.24) is 14.7 Å². The molecule has 1 heterocycles. The van der Waals surface area contributed by atoms with Crippen LogP contribution in [-0.2, 0) is 16.6 Å². The molecule has 3 rings (SSSR count). The van der Waals surface area contributed by atoms with Crippen LogP contribution in [0.2, 0.25) is 0 Å². The monoisotopic (exact) mass is 344 g/mol. The largest absolute Gasteiger partial charge is 0.342 e. The van der Waals surface area contributed by atoms with E-state index in [1.807, 2.05) is 11.9 Å². The highest BCUT2D eigenvalue weighted by atomic mass is 16.2. The minimum atomic E-state index is -0.279. The second kappa shape index (κ2) is 7.42. The van der Waals surface area contributed by atoms with Gasteiger partial charge in [0.1, 0.15) is 0 Å². The molecule has 1 fully saturated rings. The highest BCUT2D eigenvalue weighted by Crippen LogP contribution is 2.49. The van der Waals surface area contributed by atoms with Crippen molar-refractivity contribution in [3.63, 3.8) is 0 Å². The smallest absolute Gasteiger partial charge is 0.228 e. The highest BCUT2D eigenvalue weighted by molar-refractivity contribution is 5.97. The Morgan fingerprint density at radius 1 is 1.20 bits per heavy atom. The number of hydrogen-bond donors (Lipinski definition) is 1. The molecule has 0 aromatic carbocycles. The Kier molecular flexibility index (Phi) is 5.25. The Labute approximate surface area is 149 Å². The zero-order valence-corrected chi connectivity index (χ0v) is 15.3. The van der Waals surface area contributed by atoms with Crippen molar-refractivity contribution in [3.05, 3.63) is 24.5 Å². The molecule has 0 radical (unpaired) electrons. The molecule has 1 aromatic heterocycles. The predicted octanol–water partition coefficient (Wildman–Crippen LogP) is 2.45. The lowest BCUT2D eigenvalue weighted by atomic mass is 9.81. The van der Waals surface area contributed by atoms with Gasteiger partial charge in [-0.3, -0.25) is 14.3 Å². The Bertz CT molecular complexity index is 660. The van der Waals surface area contributed by atoms with Crippen LogP contribution in [0.25, 0.3) is 0 Å². The molecule has 0 saturated heterocycles. The van der Waals surface area contributed by atoms with Crippen molar-refractivity contribution in [3.8, 4) is 0 Å². The van der Waals surface area contributed by atoms with Gasteiger partial charge in [0.15, 0.2) is 0 Å². The summed E-state index contributed by atoms with van der Waals surface area (Å²) in [5.74, 6) is -0.0641. The zero-order valence-electron chi connectivity index (χ0n) is 15.3. The van der Waals surface area contributed by atoms with E-state index in [9.17, 15) is 9.59 Å². The molecular weight excluding hydrogens is 316 g/mol. The molecule has 2 bridgehead atoms. The average molecular weight is 344 g/mol. The quantitative estimate of drug-likeness (QED) is 0.773. The summed E-state index contributed by atoms with van der Waals surface area (Å²) in [6.07, 6.45) is 10.5. The molecule has 6 nitrogen and oxygen atoms in total. The molecule has 0 spiro atoms. The van der Waals surface area contributed by atoms with Crippen LogP contribution in [0.4, 0.5) is 5.69 Å². The van der Waals surface area contributed by atoms with E-state index in [0.29, 0.717) is 5.69 Å². The van der Waals surface area contributed by atoms with Crippen LogP contribution in [-0.4, -0.2) is 39.6 Å². The van der Waals surface area contributed by atoms with Gasteiger partial charge in [-0.1, -0.05) is 26.0 Å². The first-order valence-corrected chi connectivity index (χ1v) is 9.31. The lowest BCUT2D eigenvalue weighted by molar-refractivity contribution is -0.141.